The molecular weight excluding hydrogens is 373 g/mol. The lowest BCUT2D eigenvalue weighted by Crippen LogP contribution is -2.58. The summed E-state index contributed by atoms with van der Waals surface area (Å²) in [6.07, 6.45) is -2.50. The molecule has 1 aromatic rings. The summed E-state index contributed by atoms with van der Waals surface area (Å²) in [7, 11) is -3.26. The van der Waals surface area contributed by atoms with Crippen LogP contribution in [0, 0.1) is 5.92 Å². The van der Waals surface area contributed by atoms with Crippen LogP contribution in [-0.4, -0.2) is 74.0 Å². The first-order valence-electron chi connectivity index (χ1n) is 8.08. The van der Waals surface area contributed by atoms with Crippen molar-refractivity contribution in [1.82, 2.24) is 14.2 Å². The van der Waals surface area contributed by atoms with Crippen LogP contribution in [-0.2, 0) is 21.0 Å². The Morgan fingerprint density at radius 2 is 1.77 bits per heavy atom. The third kappa shape index (κ3) is 3.93. The van der Waals surface area contributed by atoms with E-state index in [-0.39, 0.29) is 24.9 Å². The van der Waals surface area contributed by atoms with E-state index in [0.717, 1.165) is 18.5 Å². The zero-order valence-corrected chi connectivity index (χ0v) is 14.9. The number of anilines is 1. The van der Waals surface area contributed by atoms with Crippen molar-refractivity contribution >= 4 is 21.7 Å². The van der Waals surface area contributed by atoms with Crippen LogP contribution in [0.3, 0.4) is 0 Å². The fourth-order valence-electron chi connectivity index (χ4n) is 3.02. The lowest BCUT2D eigenvalue weighted by molar-refractivity contribution is -0.139. The highest BCUT2D eigenvalue weighted by molar-refractivity contribution is 7.88. The number of carbonyl (C=O) groups is 1. The first-order valence-corrected chi connectivity index (χ1v) is 9.92. The van der Waals surface area contributed by atoms with Gasteiger partial charge in [-0.05, 0) is 12.1 Å². The molecule has 11 heteroatoms. The minimum absolute atomic E-state index is 0.0788. The van der Waals surface area contributed by atoms with Gasteiger partial charge in [0.05, 0.1) is 17.7 Å². The van der Waals surface area contributed by atoms with Crippen molar-refractivity contribution in [2.45, 2.75) is 6.18 Å². The van der Waals surface area contributed by atoms with E-state index in [2.05, 4.69) is 4.98 Å². The molecule has 0 atom stereocenters. The molecule has 0 aliphatic carbocycles. The van der Waals surface area contributed by atoms with Crippen LogP contribution in [0.2, 0.25) is 0 Å². The van der Waals surface area contributed by atoms with E-state index in [0.29, 0.717) is 32.0 Å². The first kappa shape index (κ1) is 18.9. The molecule has 2 saturated heterocycles. The van der Waals surface area contributed by atoms with Crippen molar-refractivity contribution in [3.8, 4) is 0 Å². The Balaban J connectivity index is 1.52. The molecule has 0 bridgehead atoms. The zero-order chi connectivity index (χ0) is 19.1. The topological polar surface area (TPSA) is 73.8 Å². The molecule has 2 aliphatic rings. The predicted octanol–water partition coefficient (Wildman–Crippen LogP) is 0.640. The molecule has 3 rings (SSSR count). The number of sulfonamides is 1. The molecule has 144 valence electrons. The van der Waals surface area contributed by atoms with Crippen molar-refractivity contribution in [1.29, 1.82) is 0 Å². The highest BCUT2D eigenvalue weighted by atomic mass is 32.2. The van der Waals surface area contributed by atoms with Crippen molar-refractivity contribution in [3.05, 3.63) is 23.9 Å². The first-order chi connectivity index (χ1) is 12.1. The summed E-state index contributed by atoms with van der Waals surface area (Å²) in [5.74, 6) is 0.0439. The van der Waals surface area contributed by atoms with Gasteiger partial charge in [-0.1, -0.05) is 0 Å². The van der Waals surface area contributed by atoms with Crippen molar-refractivity contribution < 1.29 is 26.4 Å². The van der Waals surface area contributed by atoms with Crippen LogP contribution in [0.1, 0.15) is 5.56 Å². The van der Waals surface area contributed by atoms with Gasteiger partial charge in [-0.15, -0.1) is 0 Å². The van der Waals surface area contributed by atoms with E-state index in [4.69, 9.17) is 0 Å². The van der Waals surface area contributed by atoms with Gasteiger partial charge >= 0.3 is 6.18 Å². The van der Waals surface area contributed by atoms with Crippen LogP contribution in [0.25, 0.3) is 0 Å². The summed E-state index contributed by atoms with van der Waals surface area (Å²) >= 11 is 0. The number of hydrogen-bond donors (Lipinski definition) is 0. The SMILES string of the molecule is CS(=O)(=O)N1CC(C(=O)N2CCN(c3ccc(C(F)(F)F)cn3)CC2)C1. The van der Waals surface area contributed by atoms with E-state index in [1.54, 1.807) is 4.90 Å². The number of amides is 1. The number of piperazine rings is 1. The predicted molar refractivity (Wildman–Crippen MR) is 87.9 cm³/mol. The van der Waals surface area contributed by atoms with Crippen molar-refractivity contribution in [2.75, 3.05) is 50.4 Å². The van der Waals surface area contributed by atoms with Crippen molar-refractivity contribution in [2.24, 2.45) is 5.92 Å². The summed E-state index contributed by atoms with van der Waals surface area (Å²) in [4.78, 5) is 19.8. The summed E-state index contributed by atoms with van der Waals surface area (Å²) < 4.78 is 61.7. The maximum absolute atomic E-state index is 12.6. The Bertz CT molecular complexity index is 768. The molecule has 3 heterocycles. The molecule has 2 fully saturated rings. The van der Waals surface area contributed by atoms with Gasteiger partial charge in [-0.2, -0.15) is 13.2 Å². The fraction of sp³-hybridized carbons (Fsp3) is 0.600. The molecule has 1 aromatic heterocycles. The molecule has 1 amide bonds. The number of aromatic nitrogens is 1. The van der Waals surface area contributed by atoms with E-state index >= 15 is 0 Å². The van der Waals surface area contributed by atoms with Gasteiger partial charge < -0.3 is 9.80 Å². The number of carbonyl (C=O) groups excluding carboxylic acids is 1. The lowest BCUT2D eigenvalue weighted by Gasteiger charge is -2.41. The molecule has 7 nitrogen and oxygen atoms in total. The molecule has 26 heavy (non-hydrogen) atoms. The van der Waals surface area contributed by atoms with Gasteiger partial charge in [0.25, 0.3) is 0 Å². The Morgan fingerprint density at radius 1 is 1.15 bits per heavy atom. The molecule has 0 aromatic carbocycles. The average Bonchev–Trinajstić information content (AvgIpc) is 2.51. The number of rotatable bonds is 3. The average molecular weight is 392 g/mol. The van der Waals surface area contributed by atoms with Crippen LogP contribution >= 0.6 is 0 Å². The second kappa shape index (κ2) is 6.69. The van der Waals surface area contributed by atoms with E-state index < -0.39 is 21.8 Å². The summed E-state index contributed by atoms with van der Waals surface area (Å²) in [6.45, 7) is 2.20. The Labute approximate surface area is 149 Å². The lowest BCUT2D eigenvalue weighted by atomic mass is 10.0. The van der Waals surface area contributed by atoms with Gasteiger partial charge in [-0.25, -0.2) is 17.7 Å². The van der Waals surface area contributed by atoms with Gasteiger partial charge in [0.2, 0.25) is 15.9 Å². The molecule has 0 unspecified atom stereocenters. The highest BCUT2D eigenvalue weighted by Crippen LogP contribution is 2.29. The summed E-state index contributed by atoms with van der Waals surface area (Å²) in [6, 6.07) is 2.32. The van der Waals surface area contributed by atoms with Gasteiger partial charge in [0.15, 0.2) is 0 Å². The Kier molecular flexibility index (Phi) is 4.86. The normalized spacial score (nSPS) is 20.2. The fourth-order valence-corrected chi connectivity index (χ4v) is 3.92. The molecule has 0 saturated carbocycles. The number of pyridine rings is 1. The monoisotopic (exact) mass is 392 g/mol. The molecule has 0 radical (unpaired) electrons. The second-order valence-corrected chi connectivity index (χ2v) is 8.47. The van der Waals surface area contributed by atoms with E-state index in [1.807, 2.05) is 4.90 Å². The minimum Gasteiger partial charge on any atom is -0.353 e. The van der Waals surface area contributed by atoms with E-state index in [1.165, 1.54) is 10.4 Å². The number of alkyl halides is 3. The standard InChI is InChI=1S/C15H19F3N4O3S/c1-26(24,25)22-9-11(10-22)14(23)21-6-4-20(5-7-21)13-3-2-12(8-19-13)15(16,17)18/h2-3,8,11H,4-7,9-10H2,1H3. The third-order valence-corrected chi connectivity index (χ3v) is 5.89. The summed E-state index contributed by atoms with van der Waals surface area (Å²) in [5, 5.41) is 0. The molecule has 2 aliphatic heterocycles. The third-order valence-electron chi connectivity index (χ3n) is 4.66. The minimum atomic E-state index is -4.42. The highest BCUT2D eigenvalue weighted by Gasteiger charge is 2.40. The number of hydrogen-bond acceptors (Lipinski definition) is 5. The maximum atomic E-state index is 12.6. The zero-order valence-electron chi connectivity index (χ0n) is 14.1. The van der Waals surface area contributed by atoms with Gasteiger partial charge in [-0.3, -0.25) is 4.79 Å². The Hall–Kier alpha value is -1.88. The number of nitrogens with zero attached hydrogens (tertiary/aromatic N) is 4. The van der Waals surface area contributed by atoms with Crippen LogP contribution in [0.4, 0.5) is 19.0 Å². The molecule has 0 N–H and O–H groups in total. The largest absolute Gasteiger partial charge is 0.417 e. The quantitative estimate of drug-likeness (QED) is 0.755. The number of halogens is 3. The van der Waals surface area contributed by atoms with E-state index in [9.17, 15) is 26.4 Å². The van der Waals surface area contributed by atoms with Gasteiger partial charge in [0.1, 0.15) is 5.82 Å². The second-order valence-electron chi connectivity index (χ2n) is 6.49. The van der Waals surface area contributed by atoms with Crippen LogP contribution in [0.15, 0.2) is 18.3 Å². The van der Waals surface area contributed by atoms with Gasteiger partial charge in [0, 0.05) is 45.5 Å². The maximum Gasteiger partial charge on any atom is 0.417 e. The van der Waals surface area contributed by atoms with Crippen LogP contribution in [0.5, 0.6) is 0 Å². The molecule has 0 spiro atoms. The van der Waals surface area contributed by atoms with Crippen LogP contribution < -0.4 is 4.90 Å². The molecular formula is C15H19F3N4O3S. The van der Waals surface area contributed by atoms with Crippen molar-refractivity contribution in [3.63, 3.8) is 0 Å². The summed E-state index contributed by atoms with van der Waals surface area (Å²) in [5.41, 5.74) is -0.796. The Morgan fingerprint density at radius 3 is 2.23 bits per heavy atom. The smallest absolute Gasteiger partial charge is 0.353 e.